The van der Waals surface area contributed by atoms with Gasteiger partial charge in [-0.05, 0) is 46.2 Å². The molecule has 29 heavy (non-hydrogen) atoms. The second-order valence-electron chi connectivity index (χ2n) is 9.19. The fraction of sp³-hybridized carbons (Fsp3) is 0.857. The highest BCUT2D eigenvalue weighted by atomic mass is 16.5. The van der Waals surface area contributed by atoms with E-state index in [4.69, 9.17) is 4.74 Å². The molecule has 0 radical (unpaired) electrons. The lowest BCUT2D eigenvalue weighted by Gasteiger charge is -2.43. The second-order valence-corrected chi connectivity index (χ2v) is 9.19. The van der Waals surface area contributed by atoms with Crippen molar-refractivity contribution in [2.75, 3.05) is 52.5 Å². The number of ether oxygens (including phenoxy) is 1. The number of morpholine rings is 1. The van der Waals surface area contributed by atoms with E-state index in [2.05, 4.69) is 45.3 Å². The molecule has 0 bridgehead atoms. The Labute approximate surface area is 174 Å². The minimum atomic E-state index is 0.103. The number of rotatable bonds is 4. The van der Waals surface area contributed by atoms with E-state index >= 15 is 0 Å². The first-order valence-electron chi connectivity index (χ1n) is 11.3. The molecule has 0 aliphatic carbocycles. The van der Waals surface area contributed by atoms with Crippen LogP contribution in [0.15, 0.2) is 6.33 Å². The third-order valence-electron chi connectivity index (χ3n) is 7.15. The standard InChI is InChI=1S/C21H36N6O2/c1-4-7-26-16-22-23-19(26)18-14-27(20(28)25-10-12-29-13-11-25)15-21(18)5-8-24(9-6-21)17(2)3/h16-18H,4-15H2,1-3H3. The third-order valence-corrected chi connectivity index (χ3v) is 7.15. The normalized spacial score (nSPS) is 25.3. The zero-order chi connectivity index (χ0) is 20.4. The lowest BCUT2D eigenvalue weighted by atomic mass is 9.70. The minimum absolute atomic E-state index is 0.103. The first kappa shape index (κ1) is 20.6. The molecule has 3 aliphatic rings. The van der Waals surface area contributed by atoms with Gasteiger partial charge in [-0.1, -0.05) is 6.92 Å². The predicted octanol–water partition coefficient (Wildman–Crippen LogP) is 2.03. The van der Waals surface area contributed by atoms with Crippen molar-refractivity contribution < 1.29 is 9.53 Å². The van der Waals surface area contributed by atoms with Crippen LogP contribution >= 0.6 is 0 Å². The second kappa shape index (κ2) is 8.60. The maximum absolute atomic E-state index is 13.3. The van der Waals surface area contributed by atoms with Crippen LogP contribution < -0.4 is 0 Å². The fourth-order valence-corrected chi connectivity index (χ4v) is 5.36. The van der Waals surface area contributed by atoms with E-state index in [1.54, 1.807) is 0 Å². The van der Waals surface area contributed by atoms with Gasteiger partial charge >= 0.3 is 6.03 Å². The average Bonchev–Trinajstić information content (AvgIpc) is 3.33. The minimum Gasteiger partial charge on any atom is -0.378 e. The maximum Gasteiger partial charge on any atom is 0.320 e. The van der Waals surface area contributed by atoms with Crippen LogP contribution in [-0.2, 0) is 11.3 Å². The molecule has 2 amide bonds. The smallest absolute Gasteiger partial charge is 0.320 e. The largest absolute Gasteiger partial charge is 0.378 e. The van der Waals surface area contributed by atoms with E-state index in [0.29, 0.717) is 32.3 Å². The molecular weight excluding hydrogens is 368 g/mol. The molecule has 4 rings (SSSR count). The molecule has 3 aliphatic heterocycles. The molecule has 0 saturated carbocycles. The molecule has 1 aromatic rings. The van der Waals surface area contributed by atoms with Gasteiger partial charge in [0, 0.05) is 50.1 Å². The van der Waals surface area contributed by atoms with Crippen molar-refractivity contribution in [2.24, 2.45) is 5.41 Å². The van der Waals surface area contributed by atoms with Gasteiger partial charge < -0.3 is 24.0 Å². The highest BCUT2D eigenvalue weighted by molar-refractivity contribution is 5.75. The van der Waals surface area contributed by atoms with Crippen molar-refractivity contribution in [3.63, 3.8) is 0 Å². The summed E-state index contributed by atoms with van der Waals surface area (Å²) < 4.78 is 7.65. The van der Waals surface area contributed by atoms with Crippen molar-refractivity contribution in [3.05, 3.63) is 12.2 Å². The summed E-state index contributed by atoms with van der Waals surface area (Å²) in [5.74, 6) is 1.33. The van der Waals surface area contributed by atoms with Crippen molar-refractivity contribution in [1.29, 1.82) is 0 Å². The number of carbonyl (C=O) groups is 1. The predicted molar refractivity (Wildman–Crippen MR) is 111 cm³/mol. The zero-order valence-corrected chi connectivity index (χ0v) is 18.2. The van der Waals surface area contributed by atoms with Crippen LogP contribution in [0.25, 0.3) is 0 Å². The van der Waals surface area contributed by atoms with Crippen molar-refractivity contribution in [3.8, 4) is 0 Å². The monoisotopic (exact) mass is 404 g/mol. The fourth-order valence-electron chi connectivity index (χ4n) is 5.36. The van der Waals surface area contributed by atoms with Gasteiger partial charge in [0.15, 0.2) is 0 Å². The van der Waals surface area contributed by atoms with Gasteiger partial charge in [-0.3, -0.25) is 0 Å². The summed E-state index contributed by atoms with van der Waals surface area (Å²) in [6.07, 6.45) is 5.15. The number of aryl methyl sites for hydroxylation is 1. The number of nitrogens with zero attached hydrogens (tertiary/aromatic N) is 6. The molecule has 1 aromatic heterocycles. The Kier molecular flexibility index (Phi) is 6.11. The van der Waals surface area contributed by atoms with Crippen LogP contribution in [0.5, 0.6) is 0 Å². The SMILES string of the molecule is CCCn1cnnc1C1CN(C(=O)N2CCOCC2)CC12CCN(C(C)C)CC2. The Hall–Kier alpha value is -1.67. The molecule has 3 saturated heterocycles. The van der Waals surface area contributed by atoms with Gasteiger partial charge in [0.1, 0.15) is 12.2 Å². The molecule has 0 N–H and O–H groups in total. The van der Waals surface area contributed by atoms with Crippen LogP contribution in [0.3, 0.4) is 0 Å². The number of piperidine rings is 1. The van der Waals surface area contributed by atoms with Crippen LogP contribution in [-0.4, -0.2) is 94.0 Å². The van der Waals surface area contributed by atoms with E-state index in [1.807, 2.05) is 11.2 Å². The molecule has 1 spiro atoms. The Balaban J connectivity index is 1.58. The number of hydrogen-bond donors (Lipinski definition) is 0. The number of carbonyl (C=O) groups excluding carboxylic acids is 1. The van der Waals surface area contributed by atoms with E-state index < -0.39 is 0 Å². The van der Waals surface area contributed by atoms with Crippen LogP contribution in [0.1, 0.15) is 51.8 Å². The Morgan fingerprint density at radius 3 is 2.59 bits per heavy atom. The van der Waals surface area contributed by atoms with Crippen LogP contribution in [0.4, 0.5) is 4.79 Å². The van der Waals surface area contributed by atoms with E-state index in [1.165, 1.54) is 0 Å². The molecule has 8 nitrogen and oxygen atoms in total. The van der Waals surface area contributed by atoms with Gasteiger partial charge in [-0.25, -0.2) is 4.79 Å². The molecule has 4 heterocycles. The summed E-state index contributed by atoms with van der Waals surface area (Å²) in [5, 5.41) is 8.79. The molecule has 1 unspecified atom stereocenters. The number of amides is 2. The Morgan fingerprint density at radius 2 is 1.93 bits per heavy atom. The summed E-state index contributed by atoms with van der Waals surface area (Å²) in [5.41, 5.74) is 0.103. The molecule has 3 fully saturated rings. The average molecular weight is 405 g/mol. The Morgan fingerprint density at radius 1 is 1.21 bits per heavy atom. The molecule has 0 aromatic carbocycles. The quantitative estimate of drug-likeness (QED) is 0.768. The van der Waals surface area contributed by atoms with Gasteiger partial charge in [-0.15, -0.1) is 10.2 Å². The lowest BCUT2D eigenvalue weighted by molar-refractivity contribution is 0.0418. The van der Waals surface area contributed by atoms with Crippen LogP contribution in [0, 0.1) is 5.41 Å². The Bertz CT molecular complexity index is 691. The number of aromatic nitrogens is 3. The first-order valence-corrected chi connectivity index (χ1v) is 11.3. The third kappa shape index (κ3) is 4.01. The molecule has 162 valence electrons. The number of likely N-dealkylation sites (tertiary alicyclic amines) is 2. The maximum atomic E-state index is 13.3. The summed E-state index contributed by atoms with van der Waals surface area (Å²) in [4.78, 5) is 19.9. The molecule has 8 heteroatoms. The summed E-state index contributed by atoms with van der Waals surface area (Å²) in [7, 11) is 0. The molecule has 1 atom stereocenters. The van der Waals surface area contributed by atoms with E-state index in [0.717, 1.165) is 57.8 Å². The van der Waals surface area contributed by atoms with E-state index in [-0.39, 0.29) is 17.4 Å². The van der Waals surface area contributed by atoms with Gasteiger partial charge in [-0.2, -0.15) is 0 Å². The number of hydrogen-bond acceptors (Lipinski definition) is 5. The van der Waals surface area contributed by atoms with Crippen molar-refractivity contribution >= 4 is 6.03 Å². The van der Waals surface area contributed by atoms with Gasteiger partial charge in [0.05, 0.1) is 13.2 Å². The zero-order valence-electron chi connectivity index (χ0n) is 18.2. The first-order chi connectivity index (χ1) is 14.0. The van der Waals surface area contributed by atoms with E-state index in [9.17, 15) is 4.79 Å². The number of urea groups is 1. The van der Waals surface area contributed by atoms with Gasteiger partial charge in [0.2, 0.25) is 0 Å². The van der Waals surface area contributed by atoms with Crippen molar-refractivity contribution in [2.45, 2.75) is 58.5 Å². The lowest BCUT2D eigenvalue weighted by Crippen LogP contribution is -2.49. The summed E-state index contributed by atoms with van der Waals surface area (Å²) in [6, 6.07) is 0.741. The summed E-state index contributed by atoms with van der Waals surface area (Å²) in [6.45, 7) is 14.1. The highest BCUT2D eigenvalue weighted by Gasteiger charge is 2.52. The molecular formula is C21H36N6O2. The highest BCUT2D eigenvalue weighted by Crippen LogP contribution is 2.49. The van der Waals surface area contributed by atoms with Crippen molar-refractivity contribution in [1.82, 2.24) is 29.5 Å². The van der Waals surface area contributed by atoms with Gasteiger partial charge in [0.25, 0.3) is 0 Å². The summed E-state index contributed by atoms with van der Waals surface area (Å²) >= 11 is 0. The topological polar surface area (TPSA) is 66.7 Å². The van der Waals surface area contributed by atoms with Crippen LogP contribution in [0.2, 0.25) is 0 Å².